The fourth-order valence-corrected chi connectivity index (χ4v) is 3.87. The van der Waals surface area contributed by atoms with E-state index in [0.717, 1.165) is 18.9 Å². The SMILES string of the molecule is CCNC1CCN(C(CC)c2nccs2)CC1C. The Bertz CT molecular complexity index is 339. The molecule has 1 aromatic rings. The molecule has 0 saturated carbocycles. The third-order valence-electron chi connectivity index (χ3n) is 3.97. The number of hydrogen-bond donors (Lipinski definition) is 1. The Labute approximate surface area is 115 Å². The minimum Gasteiger partial charge on any atom is -0.314 e. The van der Waals surface area contributed by atoms with Crippen molar-refractivity contribution in [2.45, 2.75) is 45.7 Å². The highest BCUT2D eigenvalue weighted by atomic mass is 32.1. The third kappa shape index (κ3) is 3.11. The van der Waals surface area contributed by atoms with Crippen molar-refractivity contribution in [2.24, 2.45) is 5.92 Å². The highest BCUT2D eigenvalue weighted by molar-refractivity contribution is 7.09. The lowest BCUT2D eigenvalue weighted by Gasteiger charge is -2.40. The molecule has 0 bridgehead atoms. The minimum atomic E-state index is 0.523. The molecule has 18 heavy (non-hydrogen) atoms. The molecule has 1 saturated heterocycles. The van der Waals surface area contributed by atoms with E-state index in [4.69, 9.17) is 0 Å². The van der Waals surface area contributed by atoms with Gasteiger partial charge in [0, 0.05) is 30.7 Å². The molecule has 3 nitrogen and oxygen atoms in total. The minimum absolute atomic E-state index is 0.523. The monoisotopic (exact) mass is 267 g/mol. The van der Waals surface area contributed by atoms with E-state index in [2.05, 4.69) is 41.4 Å². The molecular formula is C14H25N3S. The van der Waals surface area contributed by atoms with Gasteiger partial charge in [0.25, 0.3) is 0 Å². The standard InChI is InChI=1S/C14H25N3S/c1-4-13(14-16-7-9-18-14)17-8-6-12(15-5-2)11(3)10-17/h7,9,11-13,15H,4-6,8,10H2,1-3H3. The molecule has 2 heterocycles. The Kier molecular flexibility index (Phi) is 5.15. The molecule has 0 spiro atoms. The number of likely N-dealkylation sites (tertiary alicyclic amines) is 1. The molecule has 3 unspecified atom stereocenters. The molecule has 1 aliphatic heterocycles. The van der Waals surface area contributed by atoms with Crippen LogP contribution in [0.4, 0.5) is 0 Å². The average molecular weight is 267 g/mol. The first kappa shape index (κ1) is 14.0. The van der Waals surface area contributed by atoms with Crippen molar-refractivity contribution in [2.75, 3.05) is 19.6 Å². The summed E-state index contributed by atoms with van der Waals surface area (Å²) in [5.74, 6) is 0.729. The van der Waals surface area contributed by atoms with Crippen LogP contribution in [0.15, 0.2) is 11.6 Å². The van der Waals surface area contributed by atoms with Crippen LogP contribution in [0.1, 0.15) is 44.7 Å². The quantitative estimate of drug-likeness (QED) is 0.889. The molecule has 0 aromatic carbocycles. The van der Waals surface area contributed by atoms with Gasteiger partial charge >= 0.3 is 0 Å². The van der Waals surface area contributed by atoms with Crippen LogP contribution >= 0.6 is 11.3 Å². The lowest BCUT2D eigenvalue weighted by Crippen LogP contribution is -2.49. The van der Waals surface area contributed by atoms with Gasteiger partial charge in [0.05, 0.1) is 6.04 Å². The summed E-state index contributed by atoms with van der Waals surface area (Å²) in [7, 11) is 0. The van der Waals surface area contributed by atoms with E-state index in [9.17, 15) is 0 Å². The van der Waals surface area contributed by atoms with Gasteiger partial charge in [-0.15, -0.1) is 11.3 Å². The number of thiazole rings is 1. The van der Waals surface area contributed by atoms with Crippen molar-refractivity contribution >= 4 is 11.3 Å². The second kappa shape index (κ2) is 6.64. The summed E-state index contributed by atoms with van der Waals surface area (Å²) in [5, 5.41) is 6.98. The smallest absolute Gasteiger partial charge is 0.110 e. The summed E-state index contributed by atoms with van der Waals surface area (Å²) in [4.78, 5) is 7.13. The molecule has 102 valence electrons. The van der Waals surface area contributed by atoms with Gasteiger partial charge in [-0.25, -0.2) is 4.98 Å². The van der Waals surface area contributed by atoms with E-state index in [1.165, 1.54) is 24.5 Å². The Morgan fingerprint density at radius 1 is 1.56 bits per heavy atom. The van der Waals surface area contributed by atoms with Crippen molar-refractivity contribution in [3.63, 3.8) is 0 Å². The number of nitrogens with zero attached hydrogens (tertiary/aromatic N) is 2. The fourth-order valence-electron chi connectivity index (χ4n) is 3.01. The lowest BCUT2D eigenvalue weighted by atomic mass is 9.92. The van der Waals surface area contributed by atoms with Crippen LogP contribution in [0.25, 0.3) is 0 Å². The molecule has 0 aliphatic carbocycles. The van der Waals surface area contributed by atoms with E-state index in [-0.39, 0.29) is 0 Å². The predicted molar refractivity (Wildman–Crippen MR) is 78.0 cm³/mol. The molecule has 0 amide bonds. The highest BCUT2D eigenvalue weighted by Crippen LogP contribution is 2.30. The van der Waals surface area contributed by atoms with Crippen LogP contribution in [-0.4, -0.2) is 35.6 Å². The lowest BCUT2D eigenvalue weighted by molar-refractivity contribution is 0.101. The molecule has 2 rings (SSSR count). The van der Waals surface area contributed by atoms with E-state index in [1.54, 1.807) is 11.3 Å². The number of aromatic nitrogens is 1. The van der Waals surface area contributed by atoms with Crippen molar-refractivity contribution in [3.8, 4) is 0 Å². The van der Waals surface area contributed by atoms with Crippen molar-refractivity contribution in [3.05, 3.63) is 16.6 Å². The zero-order chi connectivity index (χ0) is 13.0. The van der Waals surface area contributed by atoms with E-state index in [0.29, 0.717) is 12.1 Å². The first-order valence-electron chi connectivity index (χ1n) is 7.13. The summed E-state index contributed by atoms with van der Waals surface area (Å²) in [6.07, 6.45) is 4.35. The number of piperidine rings is 1. The summed E-state index contributed by atoms with van der Waals surface area (Å²) >= 11 is 1.79. The van der Waals surface area contributed by atoms with Gasteiger partial charge in [0.1, 0.15) is 5.01 Å². The number of nitrogens with one attached hydrogen (secondary N) is 1. The Balaban J connectivity index is 1.98. The van der Waals surface area contributed by atoms with Gasteiger partial charge in [-0.2, -0.15) is 0 Å². The molecule has 4 heteroatoms. The molecular weight excluding hydrogens is 242 g/mol. The van der Waals surface area contributed by atoms with Crippen LogP contribution in [0.3, 0.4) is 0 Å². The number of hydrogen-bond acceptors (Lipinski definition) is 4. The highest BCUT2D eigenvalue weighted by Gasteiger charge is 2.30. The zero-order valence-electron chi connectivity index (χ0n) is 11.7. The van der Waals surface area contributed by atoms with Crippen molar-refractivity contribution < 1.29 is 0 Å². The van der Waals surface area contributed by atoms with Gasteiger partial charge in [-0.3, -0.25) is 4.90 Å². The van der Waals surface area contributed by atoms with Gasteiger partial charge in [-0.05, 0) is 25.3 Å². The van der Waals surface area contributed by atoms with Crippen molar-refractivity contribution in [1.82, 2.24) is 15.2 Å². The second-order valence-electron chi connectivity index (χ2n) is 5.22. The Morgan fingerprint density at radius 3 is 2.94 bits per heavy atom. The summed E-state index contributed by atoms with van der Waals surface area (Å²) in [6, 6.07) is 1.22. The van der Waals surface area contributed by atoms with Gasteiger partial charge in [0.15, 0.2) is 0 Å². The molecule has 1 aliphatic rings. The zero-order valence-corrected chi connectivity index (χ0v) is 12.5. The molecule has 3 atom stereocenters. The molecule has 1 aromatic heterocycles. The largest absolute Gasteiger partial charge is 0.314 e. The fraction of sp³-hybridized carbons (Fsp3) is 0.786. The van der Waals surface area contributed by atoms with Crippen LogP contribution in [0.5, 0.6) is 0 Å². The second-order valence-corrected chi connectivity index (χ2v) is 6.15. The van der Waals surface area contributed by atoms with Crippen LogP contribution < -0.4 is 5.32 Å². The van der Waals surface area contributed by atoms with E-state index < -0.39 is 0 Å². The van der Waals surface area contributed by atoms with Crippen molar-refractivity contribution in [1.29, 1.82) is 0 Å². The van der Waals surface area contributed by atoms with E-state index in [1.807, 2.05) is 6.20 Å². The summed E-state index contributed by atoms with van der Waals surface area (Å²) in [5.41, 5.74) is 0. The number of rotatable bonds is 5. The van der Waals surface area contributed by atoms with Gasteiger partial charge < -0.3 is 5.32 Å². The van der Waals surface area contributed by atoms with Crippen LogP contribution in [0, 0.1) is 5.92 Å². The normalized spacial score (nSPS) is 27.3. The van der Waals surface area contributed by atoms with Crippen LogP contribution in [-0.2, 0) is 0 Å². The first-order chi connectivity index (χ1) is 8.76. The summed E-state index contributed by atoms with van der Waals surface area (Å²) < 4.78 is 0. The van der Waals surface area contributed by atoms with Crippen LogP contribution in [0.2, 0.25) is 0 Å². The Morgan fingerprint density at radius 2 is 2.39 bits per heavy atom. The van der Waals surface area contributed by atoms with Gasteiger partial charge in [0.2, 0.25) is 0 Å². The molecule has 0 radical (unpaired) electrons. The first-order valence-corrected chi connectivity index (χ1v) is 8.01. The average Bonchev–Trinajstić information content (AvgIpc) is 2.87. The Hall–Kier alpha value is -0.450. The molecule has 1 N–H and O–H groups in total. The summed E-state index contributed by atoms with van der Waals surface area (Å²) in [6.45, 7) is 10.3. The molecule has 1 fully saturated rings. The maximum atomic E-state index is 4.50. The topological polar surface area (TPSA) is 28.2 Å². The maximum absolute atomic E-state index is 4.50. The van der Waals surface area contributed by atoms with Gasteiger partial charge in [-0.1, -0.05) is 20.8 Å². The predicted octanol–water partition coefficient (Wildman–Crippen LogP) is 2.91. The third-order valence-corrected chi connectivity index (χ3v) is 4.84. The van der Waals surface area contributed by atoms with E-state index >= 15 is 0 Å². The maximum Gasteiger partial charge on any atom is 0.110 e.